The Labute approximate surface area is 210 Å². The van der Waals surface area contributed by atoms with Crippen molar-refractivity contribution in [1.82, 2.24) is 0 Å². The number of amides is 2. The summed E-state index contributed by atoms with van der Waals surface area (Å²) < 4.78 is 11.6. The molecule has 176 valence electrons. The number of carbonyl (C=O) groups excluding carboxylic acids is 3. The van der Waals surface area contributed by atoms with Gasteiger partial charge in [0.15, 0.2) is 6.61 Å². The molecule has 2 N–H and O–H groups in total. The summed E-state index contributed by atoms with van der Waals surface area (Å²) in [7, 11) is 0. The highest BCUT2D eigenvalue weighted by molar-refractivity contribution is 9.10. The molecule has 0 unspecified atom stereocenters. The molecule has 0 heterocycles. The molecule has 0 spiro atoms. The quantitative estimate of drug-likeness (QED) is 0.297. The van der Waals surface area contributed by atoms with Crippen LogP contribution in [0.2, 0.25) is 5.02 Å². The SMILES string of the molecule is O=C(CCCC(=O)OCC(=O)Nc1cccc(Cl)c1)Nc1ccc(Oc2ccc(Br)cc2)cc1. The van der Waals surface area contributed by atoms with E-state index in [0.717, 1.165) is 4.47 Å². The normalized spacial score (nSPS) is 10.3. The second-order valence-corrected chi connectivity index (χ2v) is 8.55. The molecule has 0 atom stereocenters. The number of halogens is 2. The van der Waals surface area contributed by atoms with E-state index in [-0.39, 0.29) is 18.7 Å². The summed E-state index contributed by atoms with van der Waals surface area (Å²) in [6.45, 7) is -0.410. The third-order valence-corrected chi connectivity index (χ3v) is 5.21. The Bertz CT molecular complexity index is 1140. The fourth-order valence-electron chi connectivity index (χ4n) is 2.84. The first kappa shape index (κ1) is 25.3. The van der Waals surface area contributed by atoms with Crippen molar-refractivity contribution in [1.29, 1.82) is 0 Å². The lowest BCUT2D eigenvalue weighted by molar-refractivity contribution is -0.147. The van der Waals surface area contributed by atoms with E-state index in [4.69, 9.17) is 21.1 Å². The van der Waals surface area contributed by atoms with E-state index in [1.54, 1.807) is 48.5 Å². The first-order valence-electron chi connectivity index (χ1n) is 10.4. The molecule has 2 amide bonds. The van der Waals surface area contributed by atoms with Crippen LogP contribution in [-0.4, -0.2) is 24.4 Å². The van der Waals surface area contributed by atoms with Gasteiger partial charge in [0, 0.05) is 33.7 Å². The molecular formula is C25H22BrClN2O5. The van der Waals surface area contributed by atoms with Crippen LogP contribution in [0.4, 0.5) is 11.4 Å². The third kappa shape index (κ3) is 8.88. The molecule has 34 heavy (non-hydrogen) atoms. The summed E-state index contributed by atoms with van der Waals surface area (Å²) in [5.74, 6) is 0.0915. The predicted octanol–water partition coefficient (Wildman–Crippen LogP) is 6.19. The van der Waals surface area contributed by atoms with Gasteiger partial charge in [-0.2, -0.15) is 0 Å². The van der Waals surface area contributed by atoms with Gasteiger partial charge in [0.05, 0.1) is 0 Å². The van der Waals surface area contributed by atoms with Crippen LogP contribution >= 0.6 is 27.5 Å². The number of ether oxygens (including phenoxy) is 2. The van der Waals surface area contributed by atoms with Gasteiger partial charge in [-0.1, -0.05) is 33.6 Å². The van der Waals surface area contributed by atoms with Gasteiger partial charge in [-0.15, -0.1) is 0 Å². The average molecular weight is 546 g/mol. The predicted molar refractivity (Wildman–Crippen MR) is 134 cm³/mol. The molecule has 0 radical (unpaired) electrons. The maximum absolute atomic E-state index is 12.1. The fraction of sp³-hybridized carbons (Fsp3) is 0.160. The van der Waals surface area contributed by atoms with Crippen molar-refractivity contribution in [2.75, 3.05) is 17.2 Å². The molecule has 0 bridgehead atoms. The molecule has 9 heteroatoms. The number of anilines is 2. The second kappa shape index (κ2) is 12.8. The van der Waals surface area contributed by atoms with Crippen molar-refractivity contribution in [3.63, 3.8) is 0 Å². The maximum atomic E-state index is 12.1. The first-order valence-corrected chi connectivity index (χ1v) is 11.6. The highest BCUT2D eigenvalue weighted by Gasteiger charge is 2.10. The summed E-state index contributed by atoms with van der Waals surface area (Å²) in [4.78, 5) is 35.8. The van der Waals surface area contributed by atoms with Crippen LogP contribution in [0.25, 0.3) is 0 Å². The number of carbonyl (C=O) groups is 3. The molecule has 3 aromatic carbocycles. The molecule has 0 aliphatic heterocycles. The van der Waals surface area contributed by atoms with Gasteiger partial charge in [0.25, 0.3) is 5.91 Å². The van der Waals surface area contributed by atoms with Crippen LogP contribution in [-0.2, 0) is 19.1 Å². The lowest BCUT2D eigenvalue weighted by Gasteiger charge is -2.09. The smallest absolute Gasteiger partial charge is 0.306 e. The van der Waals surface area contributed by atoms with Crippen molar-refractivity contribution >= 4 is 56.7 Å². The number of esters is 1. The van der Waals surface area contributed by atoms with Crippen LogP contribution in [0.5, 0.6) is 11.5 Å². The Balaban J connectivity index is 1.32. The number of rotatable bonds is 10. The number of benzene rings is 3. The second-order valence-electron chi connectivity index (χ2n) is 7.20. The van der Waals surface area contributed by atoms with E-state index >= 15 is 0 Å². The standard InChI is InChI=1S/C25H22BrClN2O5/c26-17-7-11-21(12-8-17)34-22-13-9-19(10-14-22)28-23(30)5-2-6-25(32)33-16-24(31)29-20-4-1-3-18(27)15-20/h1,3-4,7-15H,2,5-6,16H2,(H,28,30)(H,29,31). The van der Waals surface area contributed by atoms with Crippen molar-refractivity contribution in [3.8, 4) is 11.5 Å². The summed E-state index contributed by atoms with van der Waals surface area (Å²) >= 11 is 9.23. The maximum Gasteiger partial charge on any atom is 0.306 e. The van der Waals surface area contributed by atoms with Crippen LogP contribution in [0.1, 0.15) is 19.3 Å². The van der Waals surface area contributed by atoms with Gasteiger partial charge in [-0.05, 0) is 73.2 Å². The molecule has 0 saturated heterocycles. The number of nitrogens with one attached hydrogen (secondary N) is 2. The van der Waals surface area contributed by atoms with Gasteiger partial charge in [-0.25, -0.2) is 0 Å². The Kier molecular flexibility index (Phi) is 9.49. The molecule has 0 saturated carbocycles. The molecule has 0 fully saturated rings. The summed E-state index contributed by atoms with van der Waals surface area (Å²) in [5, 5.41) is 5.84. The highest BCUT2D eigenvalue weighted by Crippen LogP contribution is 2.24. The van der Waals surface area contributed by atoms with Crippen LogP contribution in [0.3, 0.4) is 0 Å². The third-order valence-electron chi connectivity index (χ3n) is 4.44. The Morgan fingerprint density at radius 1 is 0.794 bits per heavy atom. The highest BCUT2D eigenvalue weighted by atomic mass is 79.9. The van der Waals surface area contributed by atoms with Gasteiger partial charge in [-0.3, -0.25) is 14.4 Å². The summed E-state index contributed by atoms with van der Waals surface area (Å²) in [6.07, 6.45) is 0.462. The van der Waals surface area contributed by atoms with E-state index in [0.29, 0.717) is 34.3 Å². The van der Waals surface area contributed by atoms with E-state index < -0.39 is 18.5 Å². The van der Waals surface area contributed by atoms with Crippen molar-refractivity contribution < 1.29 is 23.9 Å². The molecule has 0 aliphatic rings. The number of hydrogen-bond acceptors (Lipinski definition) is 5. The number of hydrogen-bond donors (Lipinski definition) is 2. The van der Waals surface area contributed by atoms with Gasteiger partial charge >= 0.3 is 5.97 Å². The van der Waals surface area contributed by atoms with Crippen molar-refractivity contribution in [2.24, 2.45) is 0 Å². The van der Waals surface area contributed by atoms with Crippen LogP contribution < -0.4 is 15.4 Å². The van der Waals surface area contributed by atoms with Gasteiger partial charge < -0.3 is 20.1 Å². The van der Waals surface area contributed by atoms with E-state index in [9.17, 15) is 14.4 Å². The zero-order chi connectivity index (χ0) is 24.3. The zero-order valence-corrected chi connectivity index (χ0v) is 20.4. The minimum atomic E-state index is -0.552. The Morgan fingerprint density at radius 2 is 1.44 bits per heavy atom. The van der Waals surface area contributed by atoms with Crippen molar-refractivity contribution in [2.45, 2.75) is 19.3 Å². The lowest BCUT2D eigenvalue weighted by atomic mass is 10.2. The summed E-state index contributed by atoms with van der Waals surface area (Å²) in [5.41, 5.74) is 1.13. The van der Waals surface area contributed by atoms with E-state index in [1.165, 1.54) is 0 Å². The van der Waals surface area contributed by atoms with E-state index in [1.807, 2.05) is 24.3 Å². The average Bonchev–Trinajstić information content (AvgIpc) is 2.80. The van der Waals surface area contributed by atoms with Gasteiger partial charge in [0.2, 0.25) is 5.91 Å². The van der Waals surface area contributed by atoms with Crippen molar-refractivity contribution in [3.05, 3.63) is 82.3 Å². The van der Waals surface area contributed by atoms with Crippen LogP contribution in [0.15, 0.2) is 77.3 Å². The monoisotopic (exact) mass is 544 g/mol. The first-order chi connectivity index (χ1) is 16.4. The Hall–Kier alpha value is -3.36. The fourth-order valence-corrected chi connectivity index (χ4v) is 3.30. The van der Waals surface area contributed by atoms with Crippen LogP contribution in [0, 0.1) is 0 Å². The molecular weight excluding hydrogens is 524 g/mol. The molecule has 3 aromatic rings. The largest absolute Gasteiger partial charge is 0.457 e. The van der Waals surface area contributed by atoms with Gasteiger partial charge in [0.1, 0.15) is 11.5 Å². The van der Waals surface area contributed by atoms with E-state index in [2.05, 4.69) is 26.6 Å². The molecule has 0 aliphatic carbocycles. The summed E-state index contributed by atoms with van der Waals surface area (Å²) in [6, 6.07) is 21.1. The minimum Gasteiger partial charge on any atom is -0.457 e. The molecule has 0 aromatic heterocycles. The molecule has 3 rings (SSSR count). The molecule has 7 nitrogen and oxygen atoms in total. The lowest BCUT2D eigenvalue weighted by Crippen LogP contribution is -2.21. The zero-order valence-electron chi connectivity index (χ0n) is 18.1. The Morgan fingerprint density at radius 3 is 2.12 bits per heavy atom. The minimum absolute atomic E-state index is 0.0256. The topological polar surface area (TPSA) is 93.7 Å².